The normalized spacial score (nSPS) is 12.2. The summed E-state index contributed by atoms with van der Waals surface area (Å²) >= 11 is 0. The molecule has 0 radical (unpaired) electrons. The predicted octanol–water partition coefficient (Wildman–Crippen LogP) is 3.58. The number of ether oxygens (including phenoxy) is 1. The standard InChI is InChI=1S/C23H22N4O3/c28-22(20-5-1-2-6-21(20)27-12-13-27)26-19-9-7-17(8-10-19)15-25-23(29)30-16-18-4-3-11-24-14-18/h1-11,14H,12-13,15-16H2,(H,25,29)(H,26,28). The molecule has 0 aliphatic carbocycles. The molecule has 1 fully saturated rings. The highest BCUT2D eigenvalue weighted by Gasteiger charge is 2.23. The van der Waals surface area contributed by atoms with Crippen molar-refractivity contribution in [1.82, 2.24) is 10.3 Å². The largest absolute Gasteiger partial charge is 0.445 e. The van der Waals surface area contributed by atoms with Crippen LogP contribution in [0, 0.1) is 0 Å². The maximum Gasteiger partial charge on any atom is 0.407 e. The molecule has 152 valence electrons. The number of carbonyl (C=O) groups excluding carboxylic acids is 2. The fraction of sp³-hybridized carbons (Fsp3) is 0.174. The molecule has 2 N–H and O–H groups in total. The summed E-state index contributed by atoms with van der Waals surface area (Å²) in [5.74, 6) is -0.137. The van der Waals surface area contributed by atoms with Gasteiger partial charge in [0.25, 0.3) is 5.91 Å². The van der Waals surface area contributed by atoms with Gasteiger partial charge in [-0.25, -0.2) is 4.79 Å². The molecular weight excluding hydrogens is 380 g/mol. The third kappa shape index (κ3) is 5.14. The van der Waals surface area contributed by atoms with E-state index in [0.717, 1.165) is 29.9 Å². The van der Waals surface area contributed by atoms with Crippen molar-refractivity contribution < 1.29 is 14.3 Å². The lowest BCUT2D eigenvalue weighted by Gasteiger charge is -2.11. The summed E-state index contributed by atoms with van der Waals surface area (Å²) in [7, 11) is 0. The van der Waals surface area contributed by atoms with Crippen molar-refractivity contribution >= 4 is 23.4 Å². The van der Waals surface area contributed by atoms with E-state index in [1.165, 1.54) is 0 Å². The number of nitrogens with one attached hydrogen (secondary N) is 2. The van der Waals surface area contributed by atoms with Crippen molar-refractivity contribution in [3.63, 3.8) is 0 Å². The van der Waals surface area contributed by atoms with Crippen LogP contribution in [0.2, 0.25) is 0 Å². The lowest BCUT2D eigenvalue weighted by Crippen LogP contribution is -2.23. The predicted molar refractivity (Wildman–Crippen MR) is 114 cm³/mol. The molecule has 0 saturated carbocycles. The molecule has 30 heavy (non-hydrogen) atoms. The number of anilines is 2. The Labute approximate surface area is 174 Å². The number of hydrogen-bond donors (Lipinski definition) is 2. The summed E-state index contributed by atoms with van der Waals surface area (Å²) < 4.78 is 5.16. The highest BCUT2D eigenvalue weighted by atomic mass is 16.5. The van der Waals surface area contributed by atoms with Crippen LogP contribution in [0.15, 0.2) is 73.1 Å². The highest BCUT2D eigenvalue weighted by Crippen LogP contribution is 2.26. The van der Waals surface area contributed by atoms with Crippen LogP contribution in [0.25, 0.3) is 0 Å². The number of para-hydroxylation sites is 1. The zero-order valence-electron chi connectivity index (χ0n) is 16.4. The van der Waals surface area contributed by atoms with E-state index in [2.05, 4.69) is 20.5 Å². The van der Waals surface area contributed by atoms with Crippen LogP contribution in [0.1, 0.15) is 21.5 Å². The summed E-state index contributed by atoms with van der Waals surface area (Å²) in [5, 5.41) is 5.64. The quantitative estimate of drug-likeness (QED) is 0.590. The van der Waals surface area contributed by atoms with Crippen molar-refractivity contribution in [2.75, 3.05) is 23.3 Å². The Morgan fingerprint density at radius 2 is 1.77 bits per heavy atom. The molecule has 0 bridgehead atoms. The molecule has 2 aromatic carbocycles. The van der Waals surface area contributed by atoms with E-state index in [0.29, 0.717) is 17.8 Å². The fourth-order valence-corrected chi connectivity index (χ4v) is 2.99. The van der Waals surface area contributed by atoms with Gasteiger partial charge in [-0.05, 0) is 35.9 Å². The fourth-order valence-electron chi connectivity index (χ4n) is 2.99. The Hall–Kier alpha value is -3.87. The molecule has 1 saturated heterocycles. The maximum atomic E-state index is 12.6. The molecule has 1 aliphatic rings. The number of rotatable bonds is 7. The minimum Gasteiger partial charge on any atom is -0.445 e. The van der Waals surface area contributed by atoms with Crippen molar-refractivity contribution in [3.05, 3.63) is 89.7 Å². The molecule has 0 atom stereocenters. The molecule has 1 aromatic heterocycles. The minimum atomic E-state index is -0.497. The van der Waals surface area contributed by atoms with Gasteiger partial charge in [0.1, 0.15) is 6.61 Å². The average Bonchev–Trinajstić information content (AvgIpc) is 3.63. The van der Waals surface area contributed by atoms with Crippen molar-refractivity contribution in [2.24, 2.45) is 0 Å². The molecule has 0 spiro atoms. The maximum absolute atomic E-state index is 12.6. The zero-order chi connectivity index (χ0) is 20.8. The van der Waals surface area contributed by atoms with Gasteiger partial charge in [0.05, 0.1) is 5.56 Å². The number of pyridine rings is 1. The first-order valence-corrected chi connectivity index (χ1v) is 9.73. The molecule has 7 heteroatoms. The topological polar surface area (TPSA) is 83.3 Å². The summed E-state index contributed by atoms with van der Waals surface area (Å²) in [4.78, 5) is 30.6. The molecule has 0 unspecified atom stereocenters. The van der Waals surface area contributed by atoms with E-state index in [1.807, 2.05) is 54.6 Å². The van der Waals surface area contributed by atoms with Crippen LogP contribution in [0.4, 0.5) is 16.2 Å². The summed E-state index contributed by atoms with van der Waals surface area (Å²) in [5.41, 5.74) is 4.05. The molecule has 2 amide bonds. The van der Waals surface area contributed by atoms with Crippen molar-refractivity contribution in [1.29, 1.82) is 0 Å². The van der Waals surface area contributed by atoms with Crippen molar-refractivity contribution in [3.8, 4) is 0 Å². The molecule has 7 nitrogen and oxygen atoms in total. The van der Waals surface area contributed by atoms with E-state index >= 15 is 0 Å². The third-order valence-corrected chi connectivity index (χ3v) is 4.68. The Balaban J connectivity index is 1.27. The molecule has 1 aliphatic heterocycles. The van der Waals surface area contributed by atoms with Crippen LogP contribution < -0.4 is 15.5 Å². The lowest BCUT2D eigenvalue weighted by atomic mass is 10.1. The molecular formula is C23H22N4O3. The number of nitrogens with zero attached hydrogens (tertiary/aromatic N) is 2. The first kappa shape index (κ1) is 19.4. The first-order chi connectivity index (χ1) is 14.7. The van der Waals surface area contributed by atoms with Gasteiger partial charge in [-0.3, -0.25) is 9.78 Å². The van der Waals surface area contributed by atoms with Crippen molar-refractivity contribution in [2.45, 2.75) is 13.2 Å². The van der Waals surface area contributed by atoms with Crippen LogP contribution in [-0.4, -0.2) is 30.1 Å². The first-order valence-electron chi connectivity index (χ1n) is 9.73. The lowest BCUT2D eigenvalue weighted by molar-refractivity contribution is 0.102. The SMILES string of the molecule is O=C(NCc1ccc(NC(=O)c2ccccc2N2CC2)cc1)OCc1cccnc1. The number of benzene rings is 2. The number of amides is 2. The smallest absolute Gasteiger partial charge is 0.407 e. The zero-order valence-corrected chi connectivity index (χ0v) is 16.4. The second-order valence-electron chi connectivity index (χ2n) is 6.95. The Morgan fingerprint density at radius 1 is 0.967 bits per heavy atom. The van der Waals surface area contributed by atoms with E-state index in [1.54, 1.807) is 18.5 Å². The number of aromatic nitrogens is 1. The Kier molecular flexibility index (Phi) is 5.89. The second kappa shape index (κ2) is 9.09. The van der Waals surface area contributed by atoms with Crippen LogP contribution in [0.3, 0.4) is 0 Å². The monoisotopic (exact) mass is 402 g/mol. The highest BCUT2D eigenvalue weighted by molar-refractivity contribution is 6.08. The van der Waals surface area contributed by atoms with Gasteiger partial charge in [-0.1, -0.05) is 30.3 Å². The second-order valence-corrected chi connectivity index (χ2v) is 6.95. The molecule has 2 heterocycles. The van der Waals surface area contributed by atoms with E-state index in [4.69, 9.17) is 4.74 Å². The molecule has 3 aromatic rings. The Morgan fingerprint density at radius 3 is 2.50 bits per heavy atom. The van der Waals surface area contributed by atoms with Crippen LogP contribution in [0.5, 0.6) is 0 Å². The summed E-state index contributed by atoms with van der Waals surface area (Å²) in [6.45, 7) is 2.47. The van der Waals surface area contributed by atoms with Gasteiger partial charge >= 0.3 is 6.09 Å². The summed E-state index contributed by atoms with van der Waals surface area (Å²) in [6.07, 6.45) is 2.82. The van der Waals surface area contributed by atoms with Gasteiger partial charge < -0.3 is 20.3 Å². The Bertz CT molecular complexity index is 1020. The summed E-state index contributed by atoms with van der Waals surface area (Å²) in [6, 6.07) is 18.6. The average molecular weight is 402 g/mol. The number of carbonyl (C=O) groups is 2. The minimum absolute atomic E-state index is 0.137. The van der Waals surface area contributed by atoms with E-state index < -0.39 is 6.09 Å². The van der Waals surface area contributed by atoms with Gasteiger partial charge in [0.15, 0.2) is 0 Å². The van der Waals surface area contributed by atoms with E-state index in [9.17, 15) is 9.59 Å². The van der Waals surface area contributed by atoms with Crippen LogP contribution in [-0.2, 0) is 17.9 Å². The third-order valence-electron chi connectivity index (χ3n) is 4.68. The van der Waals surface area contributed by atoms with Crippen LogP contribution >= 0.6 is 0 Å². The van der Waals surface area contributed by atoms with Gasteiger partial charge in [-0.2, -0.15) is 0 Å². The number of alkyl carbamates (subject to hydrolysis) is 1. The van der Waals surface area contributed by atoms with Gasteiger partial charge in [-0.15, -0.1) is 0 Å². The van der Waals surface area contributed by atoms with Gasteiger partial charge in [0, 0.05) is 49.0 Å². The molecule has 4 rings (SSSR count). The van der Waals surface area contributed by atoms with Gasteiger partial charge in [0.2, 0.25) is 0 Å². The van der Waals surface area contributed by atoms with E-state index in [-0.39, 0.29) is 12.5 Å². The number of hydrogen-bond acceptors (Lipinski definition) is 5.